The smallest absolute Gasteiger partial charge is 0.115 e. The fourth-order valence-corrected chi connectivity index (χ4v) is 4.32. The van der Waals surface area contributed by atoms with E-state index in [1.165, 1.54) is 27.8 Å². The zero-order valence-corrected chi connectivity index (χ0v) is 18.4. The maximum absolute atomic E-state index is 9.73. The third kappa shape index (κ3) is 4.72. The first kappa shape index (κ1) is 19.9. The van der Waals surface area contributed by atoms with Crippen LogP contribution in [-0.4, -0.2) is 10.4 Å². The van der Waals surface area contributed by atoms with Crippen LogP contribution in [0, 0.1) is 0 Å². The number of hydrogen-bond donors (Lipinski definition) is 1. The number of phenols is 1. The molecule has 27 heavy (non-hydrogen) atoms. The quantitative estimate of drug-likeness (QED) is 0.283. The molecule has 0 aliphatic carbocycles. The van der Waals surface area contributed by atoms with Crippen LogP contribution in [0.15, 0.2) is 77.3 Å². The van der Waals surface area contributed by atoms with Gasteiger partial charge in [0.15, 0.2) is 0 Å². The number of alkyl halides is 1. The molecular weight excluding hydrogens is 464 g/mol. The van der Waals surface area contributed by atoms with Crippen LogP contribution in [0.4, 0.5) is 0 Å². The highest BCUT2D eigenvalue weighted by atomic mass is 79.9. The summed E-state index contributed by atoms with van der Waals surface area (Å²) in [4.78, 5) is 0. The summed E-state index contributed by atoms with van der Waals surface area (Å²) in [6.45, 7) is 2.19. The zero-order chi connectivity index (χ0) is 19.2. The molecule has 3 rings (SSSR count). The van der Waals surface area contributed by atoms with E-state index >= 15 is 0 Å². The molecule has 0 aliphatic heterocycles. The van der Waals surface area contributed by atoms with Crippen molar-refractivity contribution in [2.45, 2.75) is 19.8 Å². The summed E-state index contributed by atoms with van der Waals surface area (Å²) >= 11 is 7.27. The van der Waals surface area contributed by atoms with Gasteiger partial charge in [-0.2, -0.15) is 0 Å². The first-order chi connectivity index (χ1) is 13.1. The maximum atomic E-state index is 9.73. The fraction of sp³-hybridized carbons (Fsp3) is 0.167. The lowest BCUT2D eigenvalue weighted by atomic mass is 9.88. The van der Waals surface area contributed by atoms with E-state index < -0.39 is 0 Å². The van der Waals surface area contributed by atoms with E-state index in [9.17, 15) is 5.11 Å². The Bertz CT molecular complexity index is 928. The Morgan fingerprint density at radius 1 is 0.852 bits per heavy atom. The predicted molar refractivity (Wildman–Crippen MR) is 122 cm³/mol. The molecule has 0 bridgehead atoms. The lowest BCUT2D eigenvalue weighted by Crippen LogP contribution is -1.97. The average Bonchev–Trinajstić information content (AvgIpc) is 2.69. The van der Waals surface area contributed by atoms with E-state index in [1.54, 1.807) is 12.1 Å². The predicted octanol–water partition coefficient (Wildman–Crippen LogP) is 7.46. The van der Waals surface area contributed by atoms with Gasteiger partial charge in [-0.3, -0.25) is 0 Å². The molecule has 3 heteroatoms. The second kappa shape index (κ2) is 9.38. The number of halogens is 2. The molecule has 0 unspecified atom stereocenters. The molecule has 0 atom stereocenters. The van der Waals surface area contributed by atoms with Crippen molar-refractivity contribution in [3.05, 3.63) is 99.5 Å². The van der Waals surface area contributed by atoms with Crippen LogP contribution in [-0.2, 0) is 6.42 Å². The summed E-state index contributed by atoms with van der Waals surface area (Å²) in [5, 5.41) is 10.7. The summed E-state index contributed by atoms with van der Waals surface area (Å²) in [5.41, 5.74) is 7.29. The molecule has 0 spiro atoms. The first-order valence-corrected chi connectivity index (χ1v) is 11.0. The van der Waals surface area contributed by atoms with Gasteiger partial charge in [0.2, 0.25) is 0 Å². The summed E-state index contributed by atoms with van der Waals surface area (Å²) in [7, 11) is 0. The van der Waals surface area contributed by atoms with Crippen LogP contribution in [0.25, 0.3) is 11.1 Å². The molecule has 0 radical (unpaired) electrons. The van der Waals surface area contributed by atoms with Crippen LogP contribution in [0.5, 0.6) is 5.75 Å². The van der Waals surface area contributed by atoms with Crippen molar-refractivity contribution in [1.82, 2.24) is 0 Å². The van der Waals surface area contributed by atoms with Gasteiger partial charge in [0.1, 0.15) is 5.75 Å². The molecule has 0 aliphatic rings. The molecule has 0 fully saturated rings. The average molecular weight is 486 g/mol. The van der Waals surface area contributed by atoms with Gasteiger partial charge in [0.25, 0.3) is 0 Å². The SMILES string of the molecule is CCC(=C(c1ccc(O)cc1)c1ccc(CCBr)c(Br)c1)c1ccccc1. The molecule has 0 heterocycles. The topological polar surface area (TPSA) is 20.2 Å². The molecule has 1 N–H and O–H groups in total. The van der Waals surface area contributed by atoms with Crippen LogP contribution in [0.3, 0.4) is 0 Å². The van der Waals surface area contributed by atoms with Crippen LogP contribution < -0.4 is 0 Å². The summed E-state index contributed by atoms with van der Waals surface area (Å²) in [6, 6.07) is 24.6. The number of aryl methyl sites for hydroxylation is 1. The monoisotopic (exact) mass is 484 g/mol. The number of hydrogen-bond acceptors (Lipinski definition) is 1. The Kier molecular flexibility index (Phi) is 6.92. The number of aromatic hydroxyl groups is 1. The van der Waals surface area contributed by atoms with Crippen molar-refractivity contribution < 1.29 is 5.11 Å². The van der Waals surface area contributed by atoms with Crippen molar-refractivity contribution in [2.24, 2.45) is 0 Å². The molecule has 0 saturated carbocycles. The molecule has 1 nitrogen and oxygen atoms in total. The van der Waals surface area contributed by atoms with Crippen molar-refractivity contribution in [1.29, 1.82) is 0 Å². The summed E-state index contributed by atoms with van der Waals surface area (Å²) < 4.78 is 1.12. The Labute approximate surface area is 178 Å². The van der Waals surface area contributed by atoms with E-state index in [0.717, 1.165) is 28.2 Å². The third-order valence-corrected chi connectivity index (χ3v) is 5.77. The molecule has 3 aromatic carbocycles. The lowest BCUT2D eigenvalue weighted by molar-refractivity contribution is 0.475. The first-order valence-electron chi connectivity index (χ1n) is 9.06. The van der Waals surface area contributed by atoms with E-state index in [-0.39, 0.29) is 5.75 Å². The molecule has 0 saturated heterocycles. The van der Waals surface area contributed by atoms with E-state index in [4.69, 9.17) is 0 Å². The molecule has 0 aromatic heterocycles. The maximum Gasteiger partial charge on any atom is 0.115 e. The lowest BCUT2D eigenvalue weighted by Gasteiger charge is -2.17. The van der Waals surface area contributed by atoms with E-state index in [0.29, 0.717) is 0 Å². The second-order valence-corrected chi connectivity index (χ2v) is 8.01. The van der Waals surface area contributed by atoms with E-state index in [1.807, 2.05) is 18.2 Å². The number of allylic oxidation sites excluding steroid dienone is 1. The Morgan fingerprint density at radius 3 is 2.11 bits per heavy atom. The van der Waals surface area contributed by atoms with Crippen molar-refractivity contribution in [2.75, 3.05) is 5.33 Å². The van der Waals surface area contributed by atoms with Crippen molar-refractivity contribution >= 4 is 43.0 Å². The molecule has 138 valence electrons. The Morgan fingerprint density at radius 2 is 1.52 bits per heavy atom. The third-order valence-electron chi connectivity index (χ3n) is 4.64. The highest BCUT2D eigenvalue weighted by molar-refractivity contribution is 9.10. The number of rotatable bonds is 6. The number of benzene rings is 3. The minimum atomic E-state index is 0.282. The normalized spacial score (nSPS) is 12.0. The van der Waals surface area contributed by atoms with Crippen LogP contribution >= 0.6 is 31.9 Å². The molecular formula is C24H22Br2O. The van der Waals surface area contributed by atoms with Crippen LogP contribution in [0.1, 0.15) is 35.6 Å². The van der Waals surface area contributed by atoms with Gasteiger partial charge in [0.05, 0.1) is 0 Å². The van der Waals surface area contributed by atoms with Gasteiger partial charge in [-0.1, -0.05) is 93.4 Å². The van der Waals surface area contributed by atoms with E-state index in [2.05, 4.69) is 81.2 Å². The van der Waals surface area contributed by atoms with Gasteiger partial charge in [-0.15, -0.1) is 0 Å². The standard InChI is InChI=1S/C24H22Br2O/c1-2-22(17-6-4-3-5-7-17)24(19-10-12-21(27)13-11-19)20-9-8-18(14-15-25)23(26)16-20/h3-13,16,27H,2,14-15H2,1H3. The molecule has 0 amide bonds. The summed E-state index contributed by atoms with van der Waals surface area (Å²) in [5.74, 6) is 0.282. The van der Waals surface area contributed by atoms with Gasteiger partial charge < -0.3 is 5.11 Å². The highest BCUT2D eigenvalue weighted by Crippen LogP contribution is 2.36. The second-order valence-electron chi connectivity index (χ2n) is 6.37. The Hall–Kier alpha value is -1.84. The van der Waals surface area contributed by atoms with Gasteiger partial charge in [-0.05, 0) is 64.4 Å². The largest absolute Gasteiger partial charge is 0.508 e. The van der Waals surface area contributed by atoms with Crippen molar-refractivity contribution in [3.8, 4) is 5.75 Å². The molecule has 3 aromatic rings. The van der Waals surface area contributed by atoms with Crippen molar-refractivity contribution in [3.63, 3.8) is 0 Å². The summed E-state index contributed by atoms with van der Waals surface area (Å²) in [6.07, 6.45) is 1.90. The minimum absolute atomic E-state index is 0.282. The van der Waals surface area contributed by atoms with Gasteiger partial charge >= 0.3 is 0 Å². The van der Waals surface area contributed by atoms with Crippen LogP contribution in [0.2, 0.25) is 0 Å². The Balaban J connectivity index is 2.23. The number of phenolic OH excluding ortho intramolecular Hbond substituents is 1. The highest BCUT2D eigenvalue weighted by Gasteiger charge is 2.14. The zero-order valence-electron chi connectivity index (χ0n) is 15.3. The minimum Gasteiger partial charge on any atom is -0.508 e. The van der Waals surface area contributed by atoms with Gasteiger partial charge in [0, 0.05) is 9.80 Å². The fourth-order valence-electron chi connectivity index (χ4n) is 3.32. The van der Waals surface area contributed by atoms with Gasteiger partial charge in [-0.25, -0.2) is 0 Å².